The van der Waals surface area contributed by atoms with Crippen LogP contribution in [0.2, 0.25) is 0 Å². The van der Waals surface area contributed by atoms with Crippen molar-refractivity contribution in [3.8, 4) is 0 Å². The van der Waals surface area contributed by atoms with Crippen molar-refractivity contribution in [2.45, 2.75) is 11.9 Å². The highest BCUT2D eigenvalue weighted by atomic mass is 32.2. The van der Waals surface area contributed by atoms with E-state index in [1.165, 1.54) is 0 Å². The van der Waals surface area contributed by atoms with Crippen LogP contribution in [0.1, 0.15) is 5.56 Å². The van der Waals surface area contributed by atoms with Gasteiger partial charge in [-0.2, -0.15) is 8.42 Å². The molecule has 0 aliphatic carbocycles. The fourth-order valence-electron chi connectivity index (χ4n) is 1.45. The number of carbonyl (C=O) groups is 1. The summed E-state index contributed by atoms with van der Waals surface area (Å²) in [4.78, 5) is 10.6. The van der Waals surface area contributed by atoms with E-state index in [1.54, 1.807) is 30.3 Å². The lowest BCUT2D eigenvalue weighted by molar-refractivity contribution is 0.0995. The van der Waals surface area contributed by atoms with E-state index in [4.69, 9.17) is 4.18 Å². The second-order valence-electron chi connectivity index (χ2n) is 3.77. The maximum absolute atomic E-state index is 11.6. The smallest absolute Gasteiger partial charge is 0.430 e. The monoisotopic (exact) mass is 272 g/mol. The minimum Gasteiger partial charge on any atom is -0.430 e. The van der Waals surface area contributed by atoms with Gasteiger partial charge in [-0.1, -0.05) is 30.3 Å². The minimum atomic E-state index is -3.69. The lowest BCUT2D eigenvalue weighted by Crippen LogP contribution is -2.21. The number of rotatable bonds is 5. The molecule has 0 amide bonds. The van der Waals surface area contributed by atoms with E-state index >= 15 is 0 Å². The molecule has 0 radical (unpaired) electrons. The lowest BCUT2D eigenvalue weighted by Gasteiger charge is -2.08. The summed E-state index contributed by atoms with van der Waals surface area (Å²) in [6, 6.07) is 8.68. The molecule has 18 heavy (non-hydrogen) atoms. The third-order valence-corrected chi connectivity index (χ3v) is 3.45. The van der Waals surface area contributed by atoms with Crippen molar-refractivity contribution in [2.75, 3.05) is 13.2 Å². The summed E-state index contributed by atoms with van der Waals surface area (Å²) in [5, 5.41) is 0. The molecule has 1 aliphatic rings. The summed E-state index contributed by atoms with van der Waals surface area (Å²) in [5.41, 5.74) is 0.636. The molecule has 0 spiro atoms. The first-order chi connectivity index (χ1) is 8.55. The van der Waals surface area contributed by atoms with Crippen molar-refractivity contribution in [1.82, 2.24) is 0 Å². The molecule has 1 aromatic carbocycles. The van der Waals surface area contributed by atoms with Crippen molar-refractivity contribution >= 4 is 16.3 Å². The van der Waals surface area contributed by atoms with Crippen LogP contribution in [0.4, 0.5) is 4.79 Å². The zero-order valence-electron chi connectivity index (χ0n) is 9.44. The number of hydrogen-bond acceptors (Lipinski definition) is 6. The van der Waals surface area contributed by atoms with E-state index in [2.05, 4.69) is 9.47 Å². The maximum atomic E-state index is 11.6. The van der Waals surface area contributed by atoms with E-state index in [-0.39, 0.29) is 19.0 Å². The quantitative estimate of drug-likeness (QED) is 0.589. The highest BCUT2D eigenvalue weighted by Crippen LogP contribution is 2.11. The molecule has 7 heteroatoms. The van der Waals surface area contributed by atoms with E-state index in [0.29, 0.717) is 5.56 Å². The van der Waals surface area contributed by atoms with Gasteiger partial charge in [0, 0.05) is 0 Å². The molecule has 0 aromatic heterocycles. The van der Waals surface area contributed by atoms with Crippen LogP contribution in [0.25, 0.3) is 0 Å². The Balaban J connectivity index is 1.86. The summed E-state index contributed by atoms with van der Waals surface area (Å²) in [5.74, 6) is -0.213. The van der Waals surface area contributed by atoms with Gasteiger partial charge in [0.05, 0.1) is 0 Å². The average molecular weight is 272 g/mol. The van der Waals surface area contributed by atoms with E-state index in [9.17, 15) is 13.2 Å². The van der Waals surface area contributed by atoms with Gasteiger partial charge in [-0.25, -0.2) is 4.79 Å². The van der Waals surface area contributed by atoms with Crippen molar-refractivity contribution in [2.24, 2.45) is 0 Å². The topological polar surface area (TPSA) is 78.9 Å². The van der Waals surface area contributed by atoms with Crippen LogP contribution in [0, 0.1) is 0 Å². The van der Waals surface area contributed by atoms with Crippen molar-refractivity contribution < 1.29 is 26.9 Å². The van der Waals surface area contributed by atoms with Crippen LogP contribution >= 0.6 is 0 Å². The number of benzene rings is 1. The van der Waals surface area contributed by atoms with Crippen LogP contribution in [0.5, 0.6) is 0 Å². The molecule has 2 rings (SSSR count). The van der Waals surface area contributed by atoms with E-state index in [0.717, 1.165) is 0 Å². The molecule has 1 atom stereocenters. The number of ether oxygens (including phenoxy) is 2. The van der Waals surface area contributed by atoms with Crippen LogP contribution in [0.3, 0.4) is 0 Å². The van der Waals surface area contributed by atoms with Gasteiger partial charge in [-0.15, -0.1) is 0 Å². The molecule has 0 bridgehead atoms. The predicted octanol–water partition coefficient (Wildman–Crippen LogP) is 1.07. The highest BCUT2D eigenvalue weighted by molar-refractivity contribution is 7.85. The second kappa shape index (κ2) is 5.36. The summed E-state index contributed by atoms with van der Waals surface area (Å²) in [6.07, 6.45) is -1.47. The molecule has 0 N–H and O–H groups in total. The lowest BCUT2D eigenvalue weighted by atomic mass is 10.2. The minimum absolute atomic E-state index is 0.0136. The Morgan fingerprint density at radius 3 is 2.61 bits per heavy atom. The second-order valence-corrected chi connectivity index (χ2v) is 5.41. The van der Waals surface area contributed by atoms with Crippen LogP contribution in [0.15, 0.2) is 30.3 Å². The summed E-state index contributed by atoms with van der Waals surface area (Å²) < 4.78 is 37.2. The number of hydrogen-bond donors (Lipinski definition) is 0. The van der Waals surface area contributed by atoms with Gasteiger partial charge in [-0.05, 0) is 5.56 Å². The normalized spacial score (nSPS) is 19.3. The summed E-state index contributed by atoms with van der Waals surface area (Å²) in [7, 11) is -3.69. The van der Waals surface area contributed by atoms with Gasteiger partial charge in [-0.3, -0.25) is 4.18 Å². The molecule has 1 saturated heterocycles. The molecule has 1 fully saturated rings. The van der Waals surface area contributed by atoms with Crippen LogP contribution in [-0.4, -0.2) is 33.9 Å². The zero-order valence-corrected chi connectivity index (χ0v) is 10.3. The van der Waals surface area contributed by atoms with Gasteiger partial charge in [0.25, 0.3) is 10.1 Å². The van der Waals surface area contributed by atoms with E-state index in [1.807, 2.05) is 0 Å². The number of carbonyl (C=O) groups excluding carboxylic acids is 1. The Bertz CT molecular complexity index is 510. The number of cyclic esters (lactones) is 2. The Hall–Kier alpha value is -1.60. The van der Waals surface area contributed by atoms with Crippen LogP contribution < -0.4 is 0 Å². The molecule has 1 unspecified atom stereocenters. The SMILES string of the molecule is O=C1OCC(COS(=O)(=O)Cc2ccccc2)O1. The summed E-state index contributed by atoms with van der Waals surface area (Å²) in [6.45, 7) is -0.208. The Labute approximate surface area is 105 Å². The Kier molecular flexibility index (Phi) is 3.83. The van der Waals surface area contributed by atoms with Gasteiger partial charge < -0.3 is 9.47 Å². The first kappa shape index (κ1) is 12.8. The van der Waals surface area contributed by atoms with Gasteiger partial charge in [0.2, 0.25) is 0 Å². The molecular formula is C11H12O6S. The maximum Gasteiger partial charge on any atom is 0.508 e. The average Bonchev–Trinajstić information content (AvgIpc) is 2.74. The first-order valence-electron chi connectivity index (χ1n) is 5.29. The van der Waals surface area contributed by atoms with Crippen molar-refractivity contribution in [3.63, 3.8) is 0 Å². The third-order valence-electron chi connectivity index (χ3n) is 2.27. The first-order valence-corrected chi connectivity index (χ1v) is 6.87. The third kappa shape index (κ3) is 3.71. The molecule has 98 valence electrons. The molecule has 1 aliphatic heterocycles. The van der Waals surface area contributed by atoms with E-state index < -0.39 is 22.4 Å². The predicted molar refractivity (Wildman–Crippen MR) is 61.2 cm³/mol. The van der Waals surface area contributed by atoms with Crippen molar-refractivity contribution in [3.05, 3.63) is 35.9 Å². The molecule has 0 saturated carbocycles. The molecular weight excluding hydrogens is 260 g/mol. The van der Waals surface area contributed by atoms with Crippen LogP contribution in [-0.2, 0) is 29.5 Å². The fraction of sp³-hybridized carbons (Fsp3) is 0.364. The highest BCUT2D eigenvalue weighted by Gasteiger charge is 2.27. The standard InChI is InChI=1S/C11H12O6S/c12-11-15-6-10(17-11)7-16-18(13,14)8-9-4-2-1-3-5-9/h1-5,10H,6-8H2. The Morgan fingerprint density at radius 2 is 2.00 bits per heavy atom. The molecule has 1 aromatic rings. The summed E-state index contributed by atoms with van der Waals surface area (Å²) >= 11 is 0. The fourth-order valence-corrected chi connectivity index (χ4v) is 2.49. The largest absolute Gasteiger partial charge is 0.508 e. The molecule has 6 nitrogen and oxygen atoms in total. The van der Waals surface area contributed by atoms with Gasteiger partial charge >= 0.3 is 6.16 Å². The Morgan fingerprint density at radius 1 is 1.28 bits per heavy atom. The van der Waals surface area contributed by atoms with Crippen molar-refractivity contribution in [1.29, 1.82) is 0 Å². The van der Waals surface area contributed by atoms with Gasteiger partial charge in [0.1, 0.15) is 19.0 Å². The molecule has 1 heterocycles. The zero-order chi connectivity index (χ0) is 13.0. The van der Waals surface area contributed by atoms with Gasteiger partial charge in [0.15, 0.2) is 6.10 Å².